The second-order valence-corrected chi connectivity index (χ2v) is 2.99. The van der Waals surface area contributed by atoms with Crippen LogP contribution in [0.5, 0.6) is 0 Å². The number of hydrogen-bond donors (Lipinski definition) is 0. The van der Waals surface area contributed by atoms with Crippen LogP contribution in [0.2, 0.25) is 5.02 Å². The van der Waals surface area contributed by atoms with Crippen molar-refractivity contribution in [3.8, 4) is 0 Å². The summed E-state index contributed by atoms with van der Waals surface area (Å²) in [6.45, 7) is 2.02. The number of aryl methyl sites for hydroxylation is 1. The second-order valence-electron chi connectivity index (χ2n) is 2.58. The average molecular weight is 201 g/mol. The Kier molecular flexibility index (Phi) is 3.25. The van der Waals surface area contributed by atoms with E-state index >= 15 is 0 Å². The highest BCUT2D eigenvalue weighted by Crippen LogP contribution is 2.25. The van der Waals surface area contributed by atoms with Crippen LogP contribution in [0.15, 0.2) is 18.2 Å². The fourth-order valence-electron chi connectivity index (χ4n) is 1.02. The summed E-state index contributed by atoms with van der Waals surface area (Å²) >= 11 is 5.86. The van der Waals surface area contributed by atoms with Gasteiger partial charge in [-0.2, -0.15) is 0 Å². The highest BCUT2D eigenvalue weighted by Gasteiger charge is 2.18. The molecule has 1 rings (SSSR count). The van der Waals surface area contributed by atoms with Crippen molar-refractivity contribution >= 4 is 17.3 Å². The summed E-state index contributed by atoms with van der Waals surface area (Å²) in [4.78, 5) is 15.9. The standard InChI is InChI=1S/C9H11ClNO2/c1-3-7-4-5-9(8(10)6-7)11(12)13-2/h4-6H,3H2,1-2H3/q+1. The van der Waals surface area contributed by atoms with Crippen LogP contribution in [0.4, 0.5) is 5.69 Å². The highest BCUT2D eigenvalue weighted by atomic mass is 35.5. The summed E-state index contributed by atoms with van der Waals surface area (Å²) in [6, 6.07) is 5.27. The smallest absolute Gasteiger partial charge is 0.230 e. The highest BCUT2D eigenvalue weighted by molar-refractivity contribution is 6.32. The van der Waals surface area contributed by atoms with Gasteiger partial charge in [0.2, 0.25) is 0 Å². The summed E-state index contributed by atoms with van der Waals surface area (Å²) in [5, 5.41) is 0.413. The topological polar surface area (TPSA) is 29.3 Å². The van der Waals surface area contributed by atoms with Gasteiger partial charge < -0.3 is 0 Å². The summed E-state index contributed by atoms with van der Waals surface area (Å²) in [6.07, 6.45) is 0.895. The molecule has 70 valence electrons. The summed E-state index contributed by atoms with van der Waals surface area (Å²) in [7, 11) is 1.30. The van der Waals surface area contributed by atoms with E-state index in [-0.39, 0.29) is 0 Å². The van der Waals surface area contributed by atoms with E-state index in [1.807, 2.05) is 13.0 Å². The molecule has 4 heteroatoms. The van der Waals surface area contributed by atoms with E-state index in [9.17, 15) is 4.91 Å². The molecule has 1 aromatic carbocycles. The maximum Gasteiger partial charge on any atom is 0.335 e. The van der Waals surface area contributed by atoms with Gasteiger partial charge in [0, 0.05) is 6.07 Å². The van der Waals surface area contributed by atoms with Crippen LogP contribution in [0.25, 0.3) is 0 Å². The van der Waals surface area contributed by atoms with Crippen molar-refractivity contribution in [1.82, 2.24) is 0 Å². The predicted octanol–water partition coefficient (Wildman–Crippen LogP) is 2.87. The number of benzene rings is 1. The molecule has 13 heavy (non-hydrogen) atoms. The predicted molar refractivity (Wildman–Crippen MR) is 51.1 cm³/mol. The van der Waals surface area contributed by atoms with Crippen LogP contribution in [0, 0.1) is 4.91 Å². The van der Waals surface area contributed by atoms with E-state index in [1.54, 1.807) is 12.1 Å². The number of rotatable bonds is 3. The van der Waals surface area contributed by atoms with Gasteiger partial charge in [-0.3, -0.25) is 0 Å². The summed E-state index contributed by atoms with van der Waals surface area (Å²) < 4.78 is 0. The van der Waals surface area contributed by atoms with Gasteiger partial charge in [-0.15, -0.1) is 0 Å². The molecule has 0 bridgehead atoms. The van der Waals surface area contributed by atoms with Crippen molar-refractivity contribution in [3.05, 3.63) is 33.7 Å². The molecule has 0 aliphatic carbocycles. The van der Waals surface area contributed by atoms with Gasteiger partial charge in [-0.25, -0.2) is 4.84 Å². The Hall–Kier alpha value is -1.09. The van der Waals surface area contributed by atoms with Gasteiger partial charge in [0.05, 0.1) is 4.91 Å². The lowest BCUT2D eigenvalue weighted by molar-refractivity contribution is -0.736. The molecule has 0 amide bonds. The summed E-state index contributed by atoms with van der Waals surface area (Å²) in [5.41, 5.74) is 1.43. The van der Waals surface area contributed by atoms with Crippen molar-refractivity contribution < 1.29 is 9.76 Å². The maximum absolute atomic E-state index is 11.0. The van der Waals surface area contributed by atoms with Gasteiger partial charge in [-0.05, 0) is 18.1 Å². The normalized spacial score (nSPS) is 9.77. The molecule has 0 saturated heterocycles. The second kappa shape index (κ2) is 4.23. The van der Waals surface area contributed by atoms with Crippen molar-refractivity contribution in [2.45, 2.75) is 13.3 Å². The molecule has 0 unspecified atom stereocenters. The van der Waals surface area contributed by atoms with Crippen molar-refractivity contribution in [3.63, 3.8) is 0 Å². The van der Waals surface area contributed by atoms with Crippen LogP contribution in [-0.2, 0) is 11.3 Å². The van der Waals surface area contributed by atoms with E-state index in [0.29, 0.717) is 15.6 Å². The maximum atomic E-state index is 11.0. The van der Waals surface area contributed by atoms with E-state index in [2.05, 4.69) is 4.84 Å². The molecule has 0 radical (unpaired) electrons. The minimum Gasteiger partial charge on any atom is -0.230 e. The van der Waals surface area contributed by atoms with Crippen molar-refractivity contribution in [2.75, 3.05) is 7.11 Å². The van der Waals surface area contributed by atoms with E-state index in [4.69, 9.17) is 11.6 Å². The zero-order chi connectivity index (χ0) is 9.84. The molecule has 0 spiro atoms. The third-order valence-corrected chi connectivity index (χ3v) is 2.09. The van der Waals surface area contributed by atoms with E-state index < -0.39 is 0 Å². The van der Waals surface area contributed by atoms with Gasteiger partial charge in [0.15, 0.2) is 7.11 Å². The summed E-state index contributed by atoms with van der Waals surface area (Å²) in [5.74, 6) is 0. The largest absolute Gasteiger partial charge is 0.335 e. The van der Waals surface area contributed by atoms with Gasteiger partial charge in [0.1, 0.15) is 5.02 Å². The lowest BCUT2D eigenvalue weighted by Crippen LogP contribution is -1.98. The molecule has 3 nitrogen and oxygen atoms in total. The quantitative estimate of drug-likeness (QED) is 0.703. The molecule has 0 fully saturated rings. The number of halogens is 1. The minimum absolute atomic E-state index is 0.335. The molecule has 0 atom stereocenters. The van der Waals surface area contributed by atoms with Crippen molar-refractivity contribution in [1.29, 1.82) is 0 Å². The first kappa shape index (κ1) is 9.99. The first-order valence-electron chi connectivity index (χ1n) is 3.98. The Labute approximate surface area is 81.8 Å². The number of hydrogen-bond acceptors (Lipinski definition) is 2. The van der Waals surface area contributed by atoms with Gasteiger partial charge >= 0.3 is 5.69 Å². The van der Waals surface area contributed by atoms with Gasteiger partial charge in [0.25, 0.3) is 4.92 Å². The van der Waals surface area contributed by atoms with Crippen LogP contribution in [-0.4, -0.2) is 12.0 Å². The first-order chi connectivity index (χ1) is 6.19. The lowest BCUT2D eigenvalue weighted by Gasteiger charge is -1.96. The van der Waals surface area contributed by atoms with Crippen LogP contribution in [0.1, 0.15) is 12.5 Å². The molecule has 0 aromatic heterocycles. The Bertz CT molecular complexity index is 325. The van der Waals surface area contributed by atoms with Crippen LogP contribution < -0.4 is 0 Å². The van der Waals surface area contributed by atoms with Gasteiger partial charge in [-0.1, -0.05) is 24.6 Å². The third kappa shape index (κ3) is 2.18. The average Bonchev–Trinajstić information content (AvgIpc) is 2.16. The Balaban J connectivity index is 3.05. The molecule has 0 heterocycles. The van der Waals surface area contributed by atoms with E-state index in [0.717, 1.165) is 12.0 Å². The molecule has 1 aromatic rings. The third-order valence-electron chi connectivity index (χ3n) is 1.78. The fourth-order valence-corrected chi connectivity index (χ4v) is 1.29. The van der Waals surface area contributed by atoms with E-state index in [1.165, 1.54) is 7.11 Å². The lowest BCUT2D eigenvalue weighted by atomic mass is 10.1. The Morgan fingerprint density at radius 3 is 2.69 bits per heavy atom. The molecule has 0 aliphatic heterocycles. The Morgan fingerprint density at radius 2 is 2.23 bits per heavy atom. The molecule has 0 N–H and O–H groups in total. The monoisotopic (exact) mass is 200 g/mol. The SMILES string of the molecule is CCc1ccc([N+](=O)OC)c(Cl)c1. The van der Waals surface area contributed by atoms with Crippen LogP contribution >= 0.6 is 11.6 Å². The molecular weight excluding hydrogens is 190 g/mol. The molecule has 0 aliphatic rings. The van der Waals surface area contributed by atoms with Crippen molar-refractivity contribution in [2.24, 2.45) is 0 Å². The zero-order valence-electron chi connectivity index (χ0n) is 7.58. The molecular formula is C9H11ClNO2+. The Morgan fingerprint density at radius 1 is 1.54 bits per heavy atom. The first-order valence-corrected chi connectivity index (χ1v) is 4.36. The minimum atomic E-state index is 0.335. The number of nitrogens with zero attached hydrogens (tertiary/aromatic N) is 1. The zero-order valence-corrected chi connectivity index (χ0v) is 8.34. The fraction of sp³-hybridized carbons (Fsp3) is 0.333. The van der Waals surface area contributed by atoms with Crippen LogP contribution in [0.3, 0.4) is 0 Å². The molecule has 0 saturated carbocycles.